The maximum Gasteiger partial charge on any atom is 0.293 e. The second-order valence-corrected chi connectivity index (χ2v) is 10.8. The van der Waals surface area contributed by atoms with Crippen LogP contribution in [-0.2, 0) is 16.1 Å². The lowest BCUT2D eigenvalue weighted by Crippen LogP contribution is -2.33. The van der Waals surface area contributed by atoms with Crippen molar-refractivity contribution in [2.45, 2.75) is 13.5 Å². The molecule has 2 aliphatic rings. The first-order valence-electron chi connectivity index (χ1n) is 12.6. The van der Waals surface area contributed by atoms with Crippen LogP contribution in [0.25, 0.3) is 17.0 Å². The highest BCUT2D eigenvalue weighted by Gasteiger charge is 2.37. The molecule has 4 aromatic rings. The van der Waals surface area contributed by atoms with Crippen molar-refractivity contribution in [3.63, 3.8) is 0 Å². The van der Waals surface area contributed by atoms with E-state index in [4.69, 9.17) is 21.1 Å². The fourth-order valence-corrected chi connectivity index (χ4v) is 5.75. The predicted octanol–water partition coefficient (Wildman–Crippen LogP) is 5.89. The Bertz CT molecular complexity index is 1780. The summed E-state index contributed by atoms with van der Waals surface area (Å²) >= 11 is 6.68. The minimum atomic E-state index is -0.543. The molecule has 6 rings (SSSR count). The highest BCUT2D eigenvalue weighted by molar-refractivity contribution is 8.18. The van der Waals surface area contributed by atoms with Crippen LogP contribution in [0.2, 0.25) is 5.02 Å². The van der Waals surface area contributed by atoms with Crippen LogP contribution < -0.4 is 14.8 Å². The van der Waals surface area contributed by atoms with Crippen LogP contribution in [0.3, 0.4) is 0 Å². The number of nitrogens with zero attached hydrogens (tertiary/aromatic N) is 2. The number of ketones is 1. The van der Waals surface area contributed by atoms with Gasteiger partial charge in [-0.3, -0.25) is 24.1 Å². The van der Waals surface area contributed by atoms with Crippen molar-refractivity contribution in [3.05, 3.63) is 93.5 Å². The van der Waals surface area contributed by atoms with Gasteiger partial charge in [-0.05, 0) is 67.2 Å². The van der Waals surface area contributed by atoms with Crippen molar-refractivity contribution >= 4 is 68.9 Å². The Balaban J connectivity index is 1.24. The van der Waals surface area contributed by atoms with Gasteiger partial charge in [-0.1, -0.05) is 29.8 Å². The maximum absolute atomic E-state index is 13.2. The zero-order chi connectivity index (χ0) is 28.7. The lowest BCUT2D eigenvalue weighted by atomic mass is 10.1. The first-order chi connectivity index (χ1) is 19.8. The average Bonchev–Trinajstić information content (AvgIpc) is 3.61. The van der Waals surface area contributed by atoms with Crippen molar-refractivity contribution in [2.75, 3.05) is 18.7 Å². The van der Waals surface area contributed by atoms with Gasteiger partial charge < -0.3 is 19.4 Å². The zero-order valence-electron chi connectivity index (χ0n) is 21.7. The number of ether oxygens (including phenoxy) is 2. The molecule has 41 heavy (non-hydrogen) atoms. The lowest BCUT2D eigenvalue weighted by Gasteiger charge is -2.11. The summed E-state index contributed by atoms with van der Waals surface area (Å²) in [6.45, 7) is 1.65. The molecule has 0 saturated carbocycles. The minimum absolute atomic E-state index is 0.0195. The van der Waals surface area contributed by atoms with E-state index in [1.807, 2.05) is 35.8 Å². The predicted molar refractivity (Wildman–Crippen MR) is 156 cm³/mol. The van der Waals surface area contributed by atoms with Crippen LogP contribution in [0.15, 0.2) is 71.6 Å². The molecule has 1 saturated heterocycles. The number of anilines is 1. The first-order valence-corrected chi connectivity index (χ1v) is 13.8. The SMILES string of the molecule is Cc1c(/C=C2\SC(=O)N(CC(=O)c3ccc(Cl)cc3)C2=O)c2ccccc2n1CC(=O)Nc1ccc2c(c1)OCO2. The van der Waals surface area contributed by atoms with Gasteiger partial charge in [0.15, 0.2) is 17.3 Å². The van der Waals surface area contributed by atoms with E-state index < -0.39 is 11.1 Å². The van der Waals surface area contributed by atoms with E-state index >= 15 is 0 Å². The summed E-state index contributed by atoms with van der Waals surface area (Å²) in [7, 11) is 0. The molecule has 9 nitrogen and oxygen atoms in total. The molecule has 1 fully saturated rings. The zero-order valence-corrected chi connectivity index (χ0v) is 23.3. The summed E-state index contributed by atoms with van der Waals surface area (Å²) in [6.07, 6.45) is 1.65. The van der Waals surface area contributed by atoms with Gasteiger partial charge in [0.2, 0.25) is 12.7 Å². The monoisotopic (exact) mass is 587 g/mol. The van der Waals surface area contributed by atoms with Crippen molar-refractivity contribution in [2.24, 2.45) is 0 Å². The number of aromatic nitrogens is 1. The number of hydrogen-bond donors (Lipinski definition) is 1. The topological polar surface area (TPSA) is 107 Å². The third-order valence-corrected chi connectivity index (χ3v) is 8.01. The second kappa shape index (κ2) is 10.8. The summed E-state index contributed by atoms with van der Waals surface area (Å²) in [5.41, 5.74) is 3.20. The molecular formula is C30H22ClN3O6S. The molecule has 0 unspecified atom stereocenters. The van der Waals surface area contributed by atoms with Crippen LogP contribution >= 0.6 is 23.4 Å². The molecule has 1 aromatic heterocycles. The van der Waals surface area contributed by atoms with Crippen molar-refractivity contribution in [3.8, 4) is 11.5 Å². The van der Waals surface area contributed by atoms with E-state index in [1.165, 1.54) is 0 Å². The summed E-state index contributed by atoms with van der Waals surface area (Å²) in [6, 6.07) is 19.0. The van der Waals surface area contributed by atoms with Gasteiger partial charge in [0, 0.05) is 44.5 Å². The fraction of sp³-hybridized carbons (Fsp3) is 0.133. The molecule has 2 aliphatic heterocycles. The Morgan fingerprint density at radius 1 is 1.00 bits per heavy atom. The van der Waals surface area contributed by atoms with Crippen molar-refractivity contribution < 1.29 is 28.7 Å². The van der Waals surface area contributed by atoms with Crippen LogP contribution in [0.4, 0.5) is 10.5 Å². The third-order valence-electron chi connectivity index (χ3n) is 6.85. The number of amides is 3. The summed E-state index contributed by atoms with van der Waals surface area (Å²) in [4.78, 5) is 52.8. The molecule has 0 bridgehead atoms. The van der Waals surface area contributed by atoms with E-state index in [-0.39, 0.29) is 36.5 Å². The molecule has 0 aliphatic carbocycles. The number of rotatable bonds is 7. The van der Waals surface area contributed by atoms with Crippen LogP contribution in [0, 0.1) is 6.92 Å². The Labute approximate surface area is 243 Å². The molecule has 0 spiro atoms. The van der Waals surface area contributed by atoms with E-state index in [2.05, 4.69) is 5.32 Å². The normalized spacial score (nSPS) is 15.3. The highest BCUT2D eigenvalue weighted by atomic mass is 35.5. The molecular weight excluding hydrogens is 566 g/mol. The first kappa shape index (κ1) is 26.7. The average molecular weight is 588 g/mol. The molecule has 0 atom stereocenters. The van der Waals surface area contributed by atoms with Crippen LogP contribution in [-0.4, -0.2) is 45.6 Å². The number of thioether (sulfide) groups is 1. The summed E-state index contributed by atoms with van der Waals surface area (Å²) in [5, 5.41) is 3.67. The van der Waals surface area contributed by atoms with E-state index in [9.17, 15) is 19.2 Å². The lowest BCUT2D eigenvalue weighted by molar-refractivity contribution is -0.122. The van der Waals surface area contributed by atoms with Gasteiger partial charge in [-0.25, -0.2) is 0 Å². The fourth-order valence-electron chi connectivity index (χ4n) is 4.80. The largest absolute Gasteiger partial charge is 0.454 e. The summed E-state index contributed by atoms with van der Waals surface area (Å²) < 4.78 is 12.6. The minimum Gasteiger partial charge on any atom is -0.454 e. The number of fused-ring (bicyclic) bond motifs is 2. The van der Waals surface area contributed by atoms with Gasteiger partial charge in [0.05, 0.1) is 11.4 Å². The molecule has 11 heteroatoms. The van der Waals surface area contributed by atoms with Crippen molar-refractivity contribution in [1.29, 1.82) is 0 Å². The number of halogens is 1. The standard InChI is InChI=1S/C30H22ClN3O6S/c1-17-22(13-27-29(37)34(30(38)41-27)14-24(35)18-6-8-19(31)9-7-18)21-4-2-3-5-23(21)33(17)15-28(36)32-20-10-11-25-26(12-20)40-16-39-25/h2-13H,14-16H2,1H3,(H,32,36)/b27-13-. The number of imide groups is 1. The van der Waals surface area contributed by atoms with Crippen molar-refractivity contribution in [1.82, 2.24) is 9.47 Å². The molecule has 3 amide bonds. The number of benzene rings is 3. The number of Topliss-reactive ketones (excluding diaryl/α,β-unsaturated/α-hetero) is 1. The number of para-hydroxylation sites is 1. The van der Waals surface area contributed by atoms with E-state index in [0.29, 0.717) is 33.3 Å². The molecule has 1 N–H and O–H groups in total. The van der Waals surface area contributed by atoms with Gasteiger partial charge >= 0.3 is 0 Å². The Morgan fingerprint density at radius 3 is 2.56 bits per heavy atom. The van der Waals surface area contributed by atoms with Gasteiger partial charge in [0.25, 0.3) is 11.1 Å². The Kier molecular flexibility index (Phi) is 7.02. The van der Waals surface area contributed by atoms with Gasteiger partial charge in [-0.15, -0.1) is 0 Å². The molecule has 0 radical (unpaired) electrons. The quantitative estimate of drug-likeness (QED) is 0.212. The third kappa shape index (κ3) is 5.19. The molecule has 3 aromatic carbocycles. The summed E-state index contributed by atoms with van der Waals surface area (Å²) in [5.74, 6) is 0.0287. The van der Waals surface area contributed by atoms with Crippen LogP contribution in [0.1, 0.15) is 21.6 Å². The van der Waals surface area contributed by atoms with Gasteiger partial charge in [-0.2, -0.15) is 0 Å². The Morgan fingerprint density at radius 2 is 1.76 bits per heavy atom. The van der Waals surface area contributed by atoms with Crippen LogP contribution in [0.5, 0.6) is 11.5 Å². The van der Waals surface area contributed by atoms with Gasteiger partial charge in [0.1, 0.15) is 6.54 Å². The smallest absolute Gasteiger partial charge is 0.293 e. The Hall–Kier alpha value is -4.54. The second-order valence-electron chi connectivity index (χ2n) is 9.42. The van der Waals surface area contributed by atoms with E-state index in [0.717, 1.165) is 33.3 Å². The number of hydrogen-bond acceptors (Lipinski definition) is 7. The highest BCUT2D eigenvalue weighted by Crippen LogP contribution is 2.36. The number of carbonyl (C=O) groups excluding carboxylic acids is 4. The van der Waals surface area contributed by atoms with E-state index in [1.54, 1.807) is 48.5 Å². The maximum atomic E-state index is 13.2. The number of nitrogens with one attached hydrogen (secondary N) is 1. The molecule has 206 valence electrons. The molecule has 3 heterocycles. The number of carbonyl (C=O) groups is 4.